The molecule has 4 saturated heterocycles. The first kappa shape index (κ1) is 120. The molecule has 4 unspecified atom stereocenters. The van der Waals surface area contributed by atoms with Gasteiger partial charge in [-0.25, -0.2) is 19.2 Å². The molecule has 0 saturated carbocycles. The van der Waals surface area contributed by atoms with Gasteiger partial charge in [-0.05, 0) is 150 Å². The van der Waals surface area contributed by atoms with Crippen molar-refractivity contribution in [2.24, 2.45) is 0 Å². The number of para-hydroxylation sites is 5. The standard InChI is InChI=1S/C27H33N3O8S.C27H33N3O7S2.C26H33N3O6S2.C23H25N3O7S2/c1-4-7-13-28-24(34)23(25(35)29(27(28)39)14-8-5-2)26-30(19-11-9-10-12-20(19)38-26)15-22(33)37-17-18(31)16-36-21(32)6-3;1-4-7-13-28-24(34)23(25(35)29(27(28)38)14-8-5-2)26-30(19-11-9-10-12-20(19)39-26)15-22(33)37-17-18(31)16-36-21(32)6-3;1-4-7-13-27-23(24(33)28(26(27)36)14-8-5-2)25-29(19-11-9-10-12-20(19)37-25)15-22(32)35-17-18(30)16-34-21(31)6-3;1-4-17(28)32-12-14(27)13-33-18(29)11-26-15-9-7-8-10-16(15)35-22(26)19-20(30)24(5-2)23(34)25(6-3)21(19)31/h2*6,9-12,18,31H,3-5,7-8,13-17H2,1-2H3;6,9-12,18,30H,3-5,7-8,13-17H2,1-2H3;4,7-10,14,27H,1,5-6,11-13H2,2-3H3/b;;25-23+;. The number of amides is 7. The number of nitrogens with zero attached hydrogens (tertiary/aromatic N) is 12. The summed E-state index contributed by atoms with van der Waals surface area (Å²) < 4.78 is 45.8. The molecule has 150 heavy (non-hydrogen) atoms. The van der Waals surface area contributed by atoms with Crippen molar-refractivity contribution >= 4 is 216 Å². The van der Waals surface area contributed by atoms with E-state index >= 15 is 0 Å². The number of aliphatic hydroxyl groups is 4. The van der Waals surface area contributed by atoms with E-state index in [1.807, 2.05) is 81.1 Å². The summed E-state index contributed by atoms with van der Waals surface area (Å²) >= 11 is 26.0. The predicted molar refractivity (Wildman–Crippen MR) is 574 cm³/mol. The van der Waals surface area contributed by atoms with Gasteiger partial charge in [-0.2, -0.15) is 0 Å². The maximum Gasteiger partial charge on any atom is 0.330 e. The number of esters is 8. The minimum absolute atomic E-state index is 0.0406. The Bertz CT molecular complexity index is 5640. The summed E-state index contributed by atoms with van der Waals surface area (Å²) in [7, 11) is 0. The third kappa shape index (κ3) is 31.1. The van der Waals surface area contributed by atoms with Crippen LogP contribution in [0.3, 0.4) is 0 Å². The van der Waals surface area contributed by atoms with Crippen molar-refractivity contribution in [1.29, 1.82) is 0 Å². The van der Waals surface area contributed by atoms with Gasteiger partial charge in [0.15, 0.2) is 31.8 Å². The molecule has 0 aliphatic carbocycles. The molecule has 0 spiro atoms. The lowest BCUT2D eigenvalue weighted by atomic mass is 10.1. The quantitative estimate of drug-likeness (QED) is 0.0105. The van der Waals surface area contributed by atoms with E-state index in [0.29, 0.717) is 101 Å². The molecule has 4 fully saturated rings. The van der Waals surface area contributed by atoms with Gasteiger partial charge in [-0.1, -0.05) is 190 Å². The summed E-state index contributed by atoms with van der Waals surface area (Å²) in [6, 6.07) is 28.8. The fourth-order valence-corrected chi connectivity index (χ4v) is 20.2. The van der Waals surface area contributed by atoms with E-state index in [0.717, 1.165) is 109 Å². The third-order valence-corrected chi connectivity index (χ3v) is 28.2. The van der Waals surface area contributed by atoms with Crippen molar-refractivity contribution in [2.75, 3.05) is 151 Å². The third-order valence-electron chi connectivity index (χ3n) is 22.9. The molecule has 8 aliphatic rings. The molecular formula is C103H124N12O28S7. The first-order valence-electron chi connectivity index (χ1n) is 48.8. The number of fused-ring (bicyclic) bond motifs is 4. The van der Waals surface area contributed by atoms with Crippen molar-refractivity contribution in [3.05, 3.63) is 191 Å². The van der Waals surface area contributed by atoms with E-state index in [2.05, 4.69) is 40.2 Å². The summed E-state index contributed by atoms with van der Waals surface area (Å²) in [4.78, 5) is 211. The molecule has 4 N–H and O–H groups in total. The molecule has 0 aromatic heterocycles. The van der Waals surface area contributed by atoms with Gasteiger partial charge in [0.05, 0.1) is 32.8 Å². The molecular weight excluding hydrogens is 2080 g/mol. The van der Waals surface area contributed by atoms with Crippen LogP contribution < -0.4 is 24.3 Å². The van der Waals surface area contributed by atoms with Crippen LogP contribution in [0.1, 0.15) is 132 Å². The molecule has 806 valence electrons. The van der Waals surface area contributed by atoms with Gasteiger partial charge in [0.25, 0.3) is 41.4 Å². The molecule has 8 heterocycles. The minimum Gasteiger partial charge on any atom is -0.461 e. The van der Waals surface area contributed by atoms with E-state index < -0.39 is 134 Å². The molecule has 4 atom stereocenters. The van der Waals surface area contributed by atoms with Gasteiger partial charge in [0.2, 0.25) is 5.88 Å². The number of carbonyl (C=O) groups excluding carboxylic acids is 15. The fraction of sp³-hybridized carbons (Fsp3) is 0.427. The normalized spacial score (nSPS) is 16.5. The van der Waals surface area contributed by atoms with Gasteiger partial charge in [-0.15, -0.1) is 0 Å². The number of likely N-dealkylation sites (N-methyl/N-ethyl adjacent to an activating group) is 2. The van der Waals surface area contributed by atoms with Crippen molar-refractivity contribution in [3.8, 4) is 5.75 Å². The Kier molecular flexibility index (Phi) is 47.8. The highest BCUT2D eigenvalue weighted by Gasteiger charge is 2.50. The topological polar surface area (TPSA) is 459 Å². The Hall–Kier alpha value is -13.1. The number of benzene rings is 4. The number of anilines is 4. The van der Waals surface area contributed by atoms with E-state index in [9.17, 15) is 92.3 Å². The van der Waals surface area contributed by atoms with Crippen LogP contribution in [0.15, 0.2) is 206 Å². The number of thioether (sulfide) groups is 3. The number of aliphatic hydroxyl groups excluding tert-OH is 4. The zero-order valence-corrected chi connectivity index (χ0v) is 90.3. The zero-order chi connectivity index (χ0) is 110. The highest BCUT2D eigenvalue weighted by molar-refractivity contribution is 8.04. The minimum atomic E-state index is -1.25. The molecule has 40 nitrogen and oxygen atoms in total. The van der Waals surface area contributed by atoms with Gasteiger partial charge >= 0.3 is 47.8 Å². The average Bonchev–Trinajstić information content (AvgIpc) is 1.57. The van der Waals surface area contributed by atoms with Gasteiger partial charge in [0.1, 0.15) is 125 Å². The molecule has 47 heteroatoms. The largest absolute Gasteiger partial charge is 0.461 e. The number of hydrogen-bond donors (Lipinski definition) is 4. The summed E-state index contributed by atoms with van der Waals surface area (Å²) in [6.45, 7) is 27.7. The lowest BCUT2D eigenvalue weighted by Gasteiger charge is -2.37. The van der Waals surface area contributed by atoms with Gasteiger partial charge < -0.3 is 82.7 Å². The highest BCUT2D eigenvalue weighted by atomic mass is 32.2. The molecule has 12 rings (SSSR count). The summed E-state index contributed by atoms with van der Waals surface area (Å²) in [5.74, 6) is -8.67. The molecule has 0 bridgehead atoms. The molecule has 8 aliphatic heterocycles. The van der Waals surface area contributed by atoms with Crippen molar-refractivity contribution in [1.82, 2.24) is 39.2 Å². The SMILES string of the molecule is C=CC(=O)OCC(O)COC(=O)CN1/C(=C2/C(=O)N(CCCC)C(=S)N2CCCC)Sc2ccccc21.C=CC(=O)OCC(O)COC(=O)CN1C(=C2C(=O)N(CC)C(=S)N(CC)C2=O)Sc2ccccc21.C=CC(=O)OCC(O)COC(=O)CN1C(=C2C(=O)N(CCCC)C(=S)N(CCCC)C2=O)Oc2ccccc21.C=CC(=O)OCC(O)COC(=O)CN1C(=C2C(=O)N(CCCC)C(=S)N(CCCC)C2=O)Sc2ccccc21. The molecule has 0 radical (unpaired) electrons. The van der Waals surface area contributed by atoms with Crippen LogP contribution in [-0.4, -0.2) is 325 Å². The van der Waals surface area contributed by atoms with Crippen molar-refractivity contribution in [2.45, 2.75) is 172 Å². The van der Waals surface area contributed by atoms with Crippen LogP contribution in [0.4, 0.5) is 22.7 Å². The summed E-state index contributed by atoms with van der Waals surface area (Å²) in [5.41, 5.74) is 2.67. The van der Waals surface area contributed by atoms with E-state index in [1.54, 1.807) is 82.0 Å². The Morgan fingerprint density at radius 2 is 0.547 bits per heavy atom. The lowest BCUT2D eigenvalue weighted by molar-refractivity contribution is -0.150. The van der Waals surface area contributed by atoms with Crippen LogP contribution in [0.25, 0.3) is 0 Å². The number of ether oxygens (including phenoxy) is 9. The van der Waals surface area contributed by atoms with Crippen LogP contribution >= 0.6 is 84.2 Å². The maximum absolute atomic E-state index is 13.7. The Balaban J connectivity index is 0.000000222. The first-order valence-corrected chi connectivity index (χ1v) is 52.9. The van der Waals surface area contributed by atoms with Crippen LogP contribution in [0.5, 0.6) is 5.75 Å². The summed E-state index contributed by atoms with van der Waals surface area (Å²) in [5, 5.41) is 42.1. The average molecular weight is 2200 g/mol. The van der Waals surface area contributed by atoms with Crippen LogP contribution in [0, 0.1) is 0 Å². The maximum atomic E-state index is 13.7. The van der Waals surface area contributed by atoms with Gasteiger partial charge in [-0.3, -0.25) is 91.9 Å². The number of unbranched alkanes of at least 4 members (excludes halogenated alkanes) is 6. The number of carbonyl (C=O) groups is 15. The van der Waals surface area contributed by atoms with Gasteiger partial charge in [0, 0.05) is 91.3 Å². The second kappa shape index (κ2) is 59.5. The van der Waals surface area contributed by atoms with Crippen LogP contribution in [-0.2, 0) is 110 Å². The van der Waals surface area contributed by atoms with Crippen LogP contribution in [0.2, 0.25) is 0 Å². The van der Waals surface area contributed by atoms with E-state index in [1.165, 1.54) is 69.6 Å². The van der Waals surface area contributed by atoms with E-state index in [-0.39, 0.29) is 110 Å². The Morgan fingerprint density at radius 1 is 0.307 bits per heavy atom. The Morgan fingerprint density at radius 3 is 0.853 bits per heavy atom. The fourth-order valence-electron chi connectivity index (χ4n) is 15.1. The van der Waals surface area contributed by atoms with Crippen molar-refractivity contribution in [3.63, 3.8) is 0 Å². The van der Waals surface area contributed by atoms with Crippen molar-refractivity contribution < 1.29 is 135 Å². The second-order valence-corrected chi connectivity index (χ2v) is 38.3. The molecule has 7 amide bonds. The summed E-state index contributed by atoms with van der Waals surface area (Å²) in [6.07, 6.45) is 8.70. The lowest BCUT2D eigenvalue weighted by Crippen LogP contribution is -2.57. The number of hydrogen-bond acceptors (Lipinski definition) is 39. The monoisotopic (exact) mass is 2200 g/mol. The smallest absolute Gasteiger partial charge is 0.330 e. The Labute approximate surface area is 903 Å². The van der Waals surface area contributed by atoms with E-state index in [4.69, 9.17) is 91.5 Å². The molecule has 4 aromatic rings. The second-order valence-electron chi connectivity index (χ2n) is 33.8. The molecule has 4 aromatic carbocycles. The highest BCUT2D eigenvalue weighted by Crippen LogP contribution is 2.52. The predicted octanol–water partition coefficient (Wildman–Crippen LogP) is 10.2. The first-order chi connectivity index (χ1) is 72.0. The zero-order valence-electron chi connectivity index (χ0n) is 84.6. The number of thiocarbonyl (C=S) groups is 4. The number of rotatable bonds is 48.